The molecule has 1 amide bonds. The van der Waals surface area contributed by atoms with Gasteiger partial charge in [0.2, 0.25) is 5.91 Å². The third-order valence-electron chi connectivity index (χ3n) is 6.33. The molecule has 2 atom stereocenters. The summed E-state index contributed by atoms with van der Waals surface area (Å²) in [5.74, 6) is 0.548. The molecule has 1 N–H and O–H groups in total. The van der Waals surface area contributed by atoms with Gasteiger partial charge in [-0.3, -0.25) is 9.69 Å². The van der Waals surface area contributed by atoms with E-state index >= 15 is 0 Å². The predicted octanol–water partition coefficient (Wildman–Crippen LogP) is 3.80. The molecule has 1 aliphatic heterocycles. The number of halogens is 3. The molecule has 1 aromatic carbocycles. The first kappa shape index (κ1) is 21.6. The van der Waals surface area contributed by atoms with E-state index in [4.69, 9.17) is 0 Å². The Kier molecular flexibility index (Phi) is 6.18. The number of pyridine rings is 1. The van der Waals surface area contributed by atoms with E-state index in [1.54, 1.807) is 0 Å². The van der Waals surface area contributed by atoms with E-state index in [1.807, 2.05) is 24.0 Å². The van der Waals surface area contributed by atoms with Gasteiger partial charge >= 0.3 is 6.18 Å². The van der Waals surface area contributed by atoms with Crippen LogP contribution in [0.1, 0.15) is 42.5 Å². The summed E-state index contributed by atoms with van der Waals surface area (Å²) in [6, 6.07) is 10.5. The molecule has 1 fully saturated rings. The van der Waals surface area contributed by atoms with E-state index in [1.165, 1.54) is 17.2 Å². The highest BCUT2D eigenvalue weighted by molar-refractivity contribution is 5.82. The Morgan fingerprint density at radius 1 is 1.13 bits per heavy atom. The van der Waals surface area contributed by atoms with E-state index in [0.717, 1.165) is 31.5 Å². The second kappa shape index (κ2) is 8.86. The highest BCUT2D eigenvalue weighted by Gasteiger charge is 2.32. The zero-order valence-corrected chi connectivity index (χ0v) is 17.5. The van der Waals surface area contributed by atoms with Crippen LogP contribution in [0, 0.1) is 0 Å². The molecule has 1 saturated heterocycles. The summed E-state index contributed by atoms with van der Waals surface area (Å²) < 4.78 is 38.2. The van der Waals surface area contributed by atoms with Crippen LogP contribution in [0.5, 0.6) is 0 Å². The molecule has 0 spiro atoms. The number of nitrogens with zero attached hydrogens (tertiary/aromatic N) is 3. The van der Waals surface area contributed by atoms with Crippen LogP contribution in [0.25, 0.3) is 0 Å². The van der Waals surface area contributed by atoms with Crippen molar-refractivity contribution in [3.63, 3.8) is 0 Å². The van der Waals surface area contributed by atoms with E-state index < -0.39 is 11.7 Å². The fourth-order valence-corrected chi connectivity index (χ4v) is 4.44. The van der Waals surface area contributed by atoms with Gasteiger partial charge in [0.15, 0.2) is 0 Å². The standard InChI is InChI=1S/C23H27F3N4O/c1-16(22(31)28-20-8-4-6-17-5-2-3-7-19(17)20)29-11-13-30(14-12-29)21-10-9-18(15-27-21)23(24,25)26/h2-3,5,7,9-10,15-16,20H,4,6,8,11-14H2,1H3,(H,28,31)/t16-,20-/m1/s1. The predicted molar refractivity (Wildman–Crippen MR) is 113 cm³/mol. The first-order chi connectivity index (χ1) is 14.8. The maximum atomic E-state index is 12.9. The van der Waals surface area contributed by atoms with Gasteiger partial charge in [-0.1, -0.05) is 24.3 Å². The number of rotatable bonds is 4. The minimum atomic E-state index is -4.38. The van der Waals surface area contributed by atoms with Crippen LogP contribution in [-0.2, 0) is 17.4 Å². The van der Waals surface area contributed by atoms with Crippen molar-refractivity contribution in [2.75, 3.05) is 31.1 Å². The Hall–Kier alpha value is -2.61. The average Bonchev–Trinajstić information content (AvgIpc) is 2.78. The number of piperazine rings is 1. The molecule has 2 aromatic rings. The normalized spacial score (nSPS) is 20.8. The first-order valence-electron chi connectivity index (χ1n) is 10.7. The van der Waals surface area contributed by atoms with E-state index in [0.29, 0.717) is 32.0 Å². The SMILES string of the molecule is C[C@H](C(=O)N[C@@H]1CCCc2ccccc21)N1CCN(c2ccc(C(F)(F)F)cn2)CC1. The number of aryl methyl sites for hydroxylation is 1. The smallest absolute Gasteiger partial charge is 0.354 e. The number of aromatic nitrogens is 1. The zero-order valence-electron chi connectivity index (χ0n) is 17.5. The largest absolute Gasteiger partial charge is 0.417 e. The molecule has 1 aliphatic carbocycles. The molecular formula is C23H27F3N4O. The third-order valence-corrected chi connectivity index (χ3v) is 6.33. The summed E-state index contributed by atoms with van der Waals surface area (Å²) in [5, 5.41) is 3.22. The highest BCUT2D eigenvalue weighted by atomic mass is 19.4. The summed E-state index contributed by atoms with van der Waals surface area (Å²) in [7, 11) is 0. The van der Waals surface area contributed by atoms with Gasteiger partial charge in [-0.2, -0.15) is 13.2 Å². The van der Waals surface area contributed by atoms with Crippen molar-refractivity contribution < 1.29 is 18.0 Å². The summed E-state index contributed by atoms with van der Waals surface area (Å²) in [6.45, 7) is 4.44. The maximum absolute atomic E-state index is 12.9. The highest BCUT2D eigenvalue weighted by Crippen LogP contribution is 2.30. The fraction of sp³-hybridized carbons (Fsp3) is 0.478. The molecule has 2 aliphatic rings. The van der Waals surface area contributed by atoms with E-state index in [-0.39, 0.29) is 18.0 Å². The molecule has 5 nitrogen and oxygen atoms in total. The summed E-state index contributed by atoms with van der Waals surface area (Å²) in [5.41, 5.74) is 1.78. The van der Waals surface area contributed by atoms with Crippen molar-refractivity contribution in [2.24, 2.45) is 0 Å². The number of fused-ring (bicyclic) bond motifs is 1. The van der Waals surface area contributed by atoms with E-state index in [9.17, 15) is 18.0 Å². The summed E-state index contributed by atoms with van der Waals surface area (Å²) in [4.78, 5) is 21.0. The topological polar surface area (TPSA) is 48.5 Å². The van der Waals surface area contributed by atoms with E-state index in [2.05, 4.69) is 27.3 Å². The molecule has 166 valence electrons. The van der Waals surface area contributed by atoms with Gasteiger partial charge in [-0.15, -0.1) is 0 Å². The van der Waals surface area contributed by atoms with Gasteiger partial charge in [0, 0.05) is 32.4 Å². The minimum Gasteiger partial charge on any atom is -0.354 e. The lowest BCUT2D eigenvalue weighted by Gasteiger charge is -2.38. The van der Waals surface area contributed by atoms with Crippen LogP contribution in [0.15, 0.2) is 42.6 Å². The Balaban J connectivity index is 1.32. The second-order valence-electron chi connectivity index (χ2n) is 8.25. The minimum absolute atomic E-state index is 0.0165. The lowest BCUT2D eigenvalue weighted by molar-refractivity contribution is -0.137. The molecule has 1 aromatic heterocycles. The molecule has 0 radical (unpaired) electrons. The molecule has 0 bridgehead atoms. The van der Waals surface area contributed by atoms with Crippen LogP contribution < -0.4 is 10.2 Å². The van der Waals surface area contributed by atoms with Crippen LogP contribution >= 0.6 is 0 Å². The number of hydrogen-bond acceptors (Lipinski definition) is 4. The number of benzene rings is 1. The quantitative estimate of drug-likeness (QED) is 0.799. The Bertz CT molecular complexity index is 908. The number of alkyl halides is 3. The molecular weight excluding hydrogens is 405 g/mol. The van der Waals surface area contributed by atoms with Crippen LogP contribution in [0.4, 0.5) is 19.0 Å². The van der Waals surface area contributed by atoms with Gasteiger partial charge in [-0.25, -0.2) is 4.98 Å². The van der Waals surface area contributed by atoms with Crippen LogP contribution in [0.3, 0.4) is 0 Å². The molecule has 0 saturated carbocycles. The molecule has 4 rings (SSSR count). The summed E-state index contributed by atoms with van der Waals surface area (Å²) >= 11 is 0. The Morgan fingerprint density at radius 3 is 2.55 bits per heavy atom. The number of carbonyl (C=O) groups is 1. The average molecular weight is 432 g/mol. The molecule has 31 heavy (non-hydrogen) atoms. The first-order valence-corrected chi connectivity index (χ1v) is 10.7. The van der Waals surface area contributed by atoms with Crippen LogP contribution in [-0.4, -0.2) is 48.0 Å². The second-order valence-corrected chi connectivity index (χ2v) is 8.25. The fourth-order valence-electron chi connectivity index (χ4n) is 4.44. The van der Waals surface area contributed by atoms with Gasteiger partial charge in [-0.05, 0) is 49.4 Å². The van der Waals surface area contributed by atoms with Gasteiger partial charge in [0.05, 0.1) is 17.6 Å². The zero-order chi connectivity index (χ0) is 22.0. The molecule has 8 heteroatoms. The van der Waals surface area contributed by atoms with Gasteiger partial charge < -0.3 is 10.2 Å². The number of anilines is 1. The van der Waals surface area contributed by atoms with Gasteiger partial charge in [0.1, 0.15) is 5.82 Å². The molecule has 2 heterocycles. The maximum Gasteiger partial charge on any atom is 0.417 e. The lowest BCUT2D eigenvalue weighted by atomic mass is 9.87. The van der Waals surface area contributed by atoms with Crippen molar-refractivity contribution >= 4 is 11.7 Å². The number of carbonyl (C=O) groups excluding carboxylic acids is 1. The monoisotopic (exact) mass is 432 g/mol. The van der Waals surface area contributed by atoms with Crippen molar-refractivity contribution in [3.8, 4) is 0 Å². The summed E-state index contributed by atoms with van der Waals surface area (Å²) in [6.07, 6.45) is -0.443. The van der Waals surface area contributed by atoms with Crippen molar-refractivity contribution in [3.05, 3.63) is 59.3 Å². The number of amides is 1. The third kappa shape index (κ3) is 4.84. The molecule has 0 unspecified atom stereocenters. The lowest BCUT2D eigenvalue weighted by Crippen LogP contribution is -2.54. The van der Waals surface area contributed by atoms with Gasteiger partial charge in [0.25, 0.3) is 0 Å². The Labute approximate surface area is 180 Å². The number of hydrogen-bond donors (Lipinski definition) is 1. The van der Waals surface area contributed by atoms with Crippen molar-refractivity contribution in [1.82, 2.24) is 15.2 Å². The number of nitrogens with one attached hydrogen (secondary N) is 1. The Morgan fingerprint density at radius 2 is 1.87 bits per heavy atom. The van der Waals surface area contributed by atoms with Crippen molar-refractivity contribution in [1.29, 1.82) is 0 Å². The van der Waals surface area contributed by atoms with Crippen molar-refractivity contribution in [2.45, 2.75) is 44.4 Å². The van der Waals surface area contributed by atoms with Crippen LogP contribution in [0.2, 0.25) is 0 Å².